The van der Waals surface area contributed by atoms with Crippen LogP contribution in [0.15, 0.2) is 48.5 Å². The Balaban J connectivity index is 1.15. The van der Waals surface area contributed by atoms with Crippen molar-refractivity contribution in [2.45, 2.75) is 64.6 Å². The number of ether oxygens (including phenoxy) is 1. The fourth-order valence-electron chi connectivity index (χ4n) is 6.61. The van der Waals surface area contributed by atoms with Crippen LogP contribution in [0.2, 0.25) is 0 Å². The Labute approximate surface area is 231 Å². The molecule has 2 heterocycles. The second-order valence-corrected chi connectivity index (χ2v) is 11.3. The van der Waals surface area contributed by atoms with E-state index in [1.807, 2.05) is 36.4 Å². The highest BCUT2D eigenvalue weighted by molar-refractivity contribution is 5.99. The maximum absolute atomic E-state index is 13.0. The molecule has 5 rings (SSSR count). The number of likely N-dealkylation sites (tertiary alicyclic amines) is 1. The minimum absolute atomic E-state index is 0.147. The molecule has 2 aromatic rings. The molecule has 1 saturated carbocycles. The number of hydrogen-bond acceptors (Lipinski definition) is 6. The van der Waals surface area contributed by atoms with Crippen LogP contribution in [-0.4, -0.2) is 67.0 Å². The van der Waals surface area contributed by atoms with Crippen molar-refractivity contribution in [3.63, 3.8) is 0 Å². The Morgan fingerprint density at radius 1 is 0.923 bits per heavy atom. The van der Waals surface area contributed by atoms with Gasteiger partial charge in [0, 0.05) is 45.6 Å². The Morgan fingerprint density at radius 3 is 2.21 bits per heavy atom. The molecule has 1 atom stereocenters. The van der Waals surface area contributed by atoms with Crippen molar-refractivity contribution in [1.82, 2.24) is 15.1 Å². The van der Waals surface area contributed by atoms with E-state index in [9.17, 15) is 14.4 Å². The van der Waals surface area contributed by atoms with Crippen molar-refractivity contribution in [3.05, 3.63) is 59.7 Å². The minimum atomic E-state index is -0.647. The number of nitrogens with one attached hydrogen (secondary N) is 1. The maximum atomic E-state index is 13.0. The summed E-state index contributed by atoms with van der Waals surface area (Å²) in [6.45, 7) is 6.13. The van der Waals surface area contributed by atoms with Crippen LogP contribution in [0.1, 0.15) is 56.6 Å². The van der Waals surface area contributed by atoms with Crippen LogP contribution in [0.4, 0.5) is 5.69 Å². The van der Waals surface area contributed by atoms with Crippen molar-refractivity contribution in [3.8, 4) is 5.75 Å². The number of piperazine rings is 1. The van der Waals surface area contributed by atoms with Crippen molar-refractivity contribution in [2.24, 2.45) is 5.41 Å². The van der Waals surface area contributed by atoms with Crippen LogP contribution < -0.4 is 15.0 Å². The highest BCUT2D eigenvalue weighted by Crippen LogP contribution is 2.47. The number of imide groups is 1. The van der Waals surface area contributed by atoms with Crippen molar-refractivity contribution in [1.29, 1.82) is 0 Å². The molecule has 0 radical (unpaired) electrons. The molecule has 2 saturated heterocycles. The lowest BCUT2D eigenvalue weighted by molar-refractivity contribution is -0.157. The smallest absolute Gasteiger partial charge is 0.231 e. The minimum Gasteiger partial charge on any atom is -0.495 e. The first-order chi connectivity index (χ1) is 18.9. The molecule has 39 heavy (non-hydrogen) atoms. The number of benzene rings is 2. The number of hydrogen-bond donors (Lipinski definition) is 1. The fourth-order valence-corrected chi connectivity index (χ4v) is 6.61. The molecule has 0 bridgehead atoms. The third kappa shape index (κ3) is 6.11. The topological polar surface area (TPSA) is 82.2 Å². The number of rotatable bonds is 8. The van der Waals surface area contributed by atoms with Gasteiger partial charge in [0.2, 0.25) is 17.7 Å². The van der Waals surface area contributed by atoms with E-state index < -0.39 is 6.17 Å². The fraction of sp³-hybridized carbons (Fsp3) is 0.516. The Hall–Kier alpha value is -3.39. The molecule has 1 aliphatic carbocycles. The number of piperidine rings is 1. The number of anilines is 1. The average Bonchev–Trinajstić information content (AvgIpc) is 3.36. The van der Waals surface area contributed by atoms with Gasteiger partial charge < -0.3 is 15.0 Å². The number of nitrogens with zero attached hydrogens (tertiary/aromatic N) is 3. The second-order valence-electron chi connectivity index (χ2n) is 11.3. The molecule has 1 spiro atoms. The molecular weight excluding hydrogens is 492 g/mol. The maximum Gasteiger partial charge on any atom is 0.231 e. The molecule has 8 heteroatoms. The molecule has 1 unspecified atom stereocenters. The molecule has 3 amide bonds. The van der Waals surface area contributed by atoms with Crippen molar-refractivity contribution >= 4 is 23.4 Å². The van der Waals surface area contributed by atoms with Gasteiger partial charge >= 0.3 is 0 Å². The van der Waals surface area contributed by atoms with Gasteiger partial charge in [0.15, 0.2) is 0 Å². The summed E-state index contributed by atoms with van der Waals surface area (Å²) in [6, 6.07) is 16.1. The SMILES string of the molecule is COc1ccccc1N1CCN(Cc2ccccc2CC(=O)NC(C)N2C(=O)CC3(CCCC3)CC2=O)CC1. The summed E-state index contributed by atoms with van der Waals surface area (Å²) in [5, 5.41) is 2.92. The zero-order valence-corrected chi connectivity index (χ0v) is 23.2. The summed E-state index contributed by atoms with van der Waals surface area (Å²) in [6.07, 6.45) is 4.45. The van der Waals surface area contributed by atoms with Gasteiger partial charge in [-0.3, -0.25) is 24.2 Å². The molecule has 3 fully saturated rings. The van der Waals surface area contributed by atoms with Crippen LogP contribution in [0.25, 0.3) is 0 Å². The Kier molecular flexibility index (Phi) is 8.21. The lowest BCUT2D eigenvalue weighted by atomic mass is 9.76. The van der Waals surface area contributed by atoms with Gasteiger partial charge in [0.25, 0.3) is 0 Å². The molecule has 8 nitrogen and oxygen atoms in total. The molecule has 0 aromatic heterocycles. The third-order valence-corrected chi connectivity index (χ3v) is 8.67. The number of para-hydroxylation sites is 2. The molecule has 2 aromatic carbocycles. The average molecular weight is 533 g/mol. The molecule has 3 aliphatic rings. The third-order valence-electron chi connectivity index (χ3n) is 8.67. The van der Waals surface area contributed by atoms with Gasteiger partial charge in [-0.15, -0.1) is 0 Å². The molecule has 2 aliphatic heterocycles. The first-order valence-corrected chi connectivity index (χ1v) is 14.2. The van der Waals surface area contributed by atoms with E-state index in [4.69, 9.17) is 4.74 Å². The monoisotopic (exact) mass is 532 g/mol. The second kappa shape index (κ2) is 11.8. The van der Waals surface area contributed by atoms with Gasteiger partial charge in [-0.1, -0.05) is 49.2 Å². The van der Waals surface area contributed by atoms with Crippen molar-refractivity contribution in [2.75, 3.05) is 38.2 Å². The van der Waals surface area contributed by atoms with E-state index in [-0.39, 0.29) is 29.6 Å². The number of carbonyl (C=O) groups excluding carboxylic acids is 3. The van der Waals surface area contributed by atoms with Gasteiger partial charge in [0.05, 0.1) is 19.2 Å². The summed E-state index contributed by atoms with van der Waals surface area (Å²) in [5.74, 6) is 0.391. The Bertz CT molecular complexity index is 1180. The predicted molar refractivity (Wildman–Crippen MR) is 150 cm³/mol. The highest BCUT2D eigenvalue weighted by atomic mass is 16.5. The van der Waals surface area contributed by atoms with Gasteiger partial charge in [-0.05, 0) is 48.4 Å². The van der Waals surface area contributed by atoms with Crippen LogP contribution in [-0.2, 0) is 27.3 Å². The van der Waals surface area contributed by atoms with E-state index in [1.165, 1.54) is 4.90 Å². The quantitative estimate of drug-likeness (QED) is 0.522. The molecular formula is C31H40N4O4. The van der Waals surface area contributed by atoms with Crippen molar-refractivity contribution < 1.29 is 19.1 Å². The lowest BCUT2D eigenvalue weighted by Crippen LogP contribution is -2.56. The molecule has 1 N–H and O–H groups in total. The highest BCUT2D eigenvalue weighted by Gasteiger charge is 2.46. The van der Waals surface area contributed by atoms with Crippen LogP contribution >= 0.6 is 0 Å². The summed E-state index contributed by atoms with van der Waals surface area (Å²) in [7, 11) is 1.71. The lowest BCUT2D eigenvalue weighted by Gasteiger charge is -2.39. The number of carbonyl (C=O) groups is 3. The van der Waals surface area contributed by atoms with Crippen LogP contribution in [0, 0.1) is 5.41 Å². The Morgan fingerprint density at radius 2 is 1.54 bits per heavy atom. The summed E-state index contributed by atoms with van der Waals surface area (Å²) in [5.41, 5.74) is 3.07. The summed E-state index contributed by atoms with van der Waals surface area (Å²) < 4.78 is 5.54. The molecule has 208 valence electrons. The summed E-state index contributed by atoms with van der Waals surface area (Å²) in [4.78, 5) is 44.9. The van der Waals surface area contributed by atoms with Gasteiger partial charge in [0.1, 0.15) is 11.9 Å². The van der Waals surface area contributed by atoms with E-state index in [0.717, 1.165) is 81.0 Å². The van der Waals surface area contributed by atoms with Crippen LogP contribution in [0.3, 0.4) is 0 Å². The van der Waals surface area contributed by atoms with E-state index >= 15 is 0 Å². The zero-order chi connectivity index (χ0) is 27.4. The first-order valence-electron chi connectivity index (χ1n) is 14.2. The normalized spacial score (nSPS) is 20.4. The number of amides is 3. The van der Waals surface area contributed by atoms with E-state index in [2.05, 4.69) is 27.2 Å². The number of methoxy groups -OCH3 is 1. The largest absolute Gasteiger partial charge is 0.495 e. The first kappa shape index (κ1) is 27.2. The van der Waals surface area contributed by atoms with E-state index in [0.29, 0.717) is 12.8 Å². The van der Waals surface area contributed by atoms with E-state index in [1.54, 1.807) is 14.0 Å². The van der Waals surface area contributed by atoms with Gasteiger partial charge in [-0.2, -0.15) is 0 Å². The summed E-state index contributed by atoms with van der Waals surface area (Å²) >= 11 is 0. The standard InChI is InChI=1S/C31H40N4O4/c1-23(35-29(37)20-31(21-30(35)38)13-7-8-14-31)32-28(36)19-24-9-3-4-10-25(24)22-33-15-17-34(18-16-33)26-11-5-6-12-27(26)39-2/h3-6,9-12,23H,7-8,13-22H2,1-2H3,(H,32,36). The van der Waals surface area contributed by atoms with Crippen LogP contribution in [0.5, 0.6) is 5.75 Å². The predicted octanol–water partition coefficient (Wildman–Crippen LogP) is 3.73. The van der Waals surface area contributed by atoms with Gasteiger partial charge in [-0.25, -0.2) is 0 Å². The zero-order valence-electron chi connectivity index (χ0n) is 23.2.